The van der Waals surface area contributed by atoms with E-state index in [1.165, 1.54) is 16.1 Å². The van der Waals surface area contributed by atoms with E-state index < -0.39 is 10.0 Å². The minimum absolute atomic E-state index is 0.0122. The maximum atomic E-state index is 12.7. The number of hydrogen-bond donors (Lipinski definition) is 1. The number of aromatic amines is 1. The molecule has 1 N–H and O–H groups in total. The molecule has 2 aliphatic heterocycles. The second-order valence-electron chi connectivity index (χ2n) is 8.66. The average Bonchev–Trinajstić information content (AvgIpc) is 3.16. The van der Waals surface area contributed by atoms with Crippen molar-refractivity contribution in [1.29, 1.82) is 0 Å². The van der Waals surface area contributed by atoms with Crippen LogP contribution in [0.4, 0.5) is 0 Å². The van der Waals surface area contributed by atoms with Crippen molar-refractivity contribution in [2.45, 2.75) is 58.3 Å². The van der Waals surface area contributed by atoms with Crippen molar-refractivity contribution >= 4 is 10.0 Å². The van der Waals surface area contributed by atoms with Crippen LogP contribution in [0.1, 0.15) is 55.4 Å². The fourth-order valence-corrected chi connectivity index (χ4v) is 5.16. The Kier molecular flexibility index (Phi) is 6.18. The topological polar surface area (TPSA) is 95.6 Å². The Hall–Kier alpha value is -2.23. The van der Waals surface area contributed by atoms with Crippen molar-refractivity contribution in [3.05, 3.63) is 57.3 Å². The molecular weight excluding hydrogens is 416 g/mol. The fraction of sp³-hybridized carbons (Fsp3) is 0.545. The number of rotatable bonds is 6. The number of H-pyrrole nitrogens is 1. The number of hydrogen-bond acceptors (Lipinski definition) is 6. The Labute approximate surface area is 183 Å². The summed E-state index contributed by atoms with van der Waals surface area (Å²) in [6.45, 7) is 6.17. The van der Waals surface area contributed by atoms with E-state index >= 15 is 0 Å². The molecule has 1 aromatic carbocycles. The van der Waals surface area contributed by atoms with E-state index in [1.807, 2.05) is 26.0 Å². The van der Waals surface area contributed by atoms with Crippen LogP contribution in [0, 0.1) is 0 Å². The Bertz CT molecular complexity index is 1100. The van der Waals surface area contributed by atoms with Crippen molar-refractivity contribution in [2.24, 2.45) is 0 Å². The van der Waals surface area contributed by atoms with E-state index in [0.717, 1.165) is 31.7 Å². The van der Waals surface area contributed by atoms with Gasteiger partial charge in [0.05, 0.1) is 30.6 Å². The zero-order valence-corrected chi connectivity index (χ0v) is 19.1. The number of ether oxygens (including phenoxy) is 1. The molecule has 31 heavy (non-hydrogen) atoms. The highest BCUT2D eigenvalue weighted by molar-refractivity contribution is 7.88. The summed E-state index contributed by atoms with van der Waals surface area (Å²) in [6, 6.07) is 8.12. The average molecular weight is 447 g/mol. The molecule has 2 aliphatic rings. The van der Waals surface area contributed by atoms with Crippen molar-refractivity contribution in [3.63, 3.8) is 0 Å². The minimum atomic E-state index is -3.32. The lowest BCUT2D eigenvalue weighted by Gasteiger charge is -2.28. The van der Waals surface area contributed by atoms with E-state index in [1.54, 1.807) is 0 Å². The molecule has 4 rings (SSSR count). The highest BCUT2D eigenvalue weighted by Crippen LogP contribution is 2.32. The first-order valence-electron chi connectivity index (χ1n) is 10.8. The molecule has 0 spiro atoms. The van der Waals surface area contributed by atoms with E-state index in [-0.39, 0.29) is 24.2 Å². The van der Waals surface area contributed by atoms with Gasteiger partial charge in [-0.25, -0.2) is 13.4 Å². The minimum Gasteiger partial charge on any atom is -0.491 e. The summed E-state index contributed by atoms with van der Waals surface area (Å²) in [4.78, 5) is 22.7. The normalized spacial score (nSPS) is 20.2. The summed E-state index contributed by atoms with van der Waals surface area (Å²) in [5, 5.41) is 0. The highest BCUT2D eigenvalue weighted by atomic mass is 32.2. The third-order valence-electron chi connectivity index (χ3n) is 5.89. The monoisotopic (exact) mass is 446 g/mol. The summed E-state index contributed by atoms with van der Waals surface area (Å²) in [5.74, 6) is 1.49. The quantitative estimate of drug-likeness (QED) is 0.731. The molecular formula is C22H30N4O4S. The molecule has 1 saturated heterocycles. The van der Waals surface area contributed by atoms with Gasteiger partial charge in [0.2, 0.25) is 10.0 Å². The van der Waals surface area contributed by atoms with Gasteiger partial charge in [-0.1, -0.05) is 12.1 Å². The molecule has 1 atom stereocenters. The summed E-state index contributed by atoms with van der Waals surface area (Å²) in [6.07, 6.45) is 3.66. The largest absolute Gasteiger partial charge is 0.491 e. The van der Waals surface area contributed by atoms with Gasteiger partial charge < -0.3 is 9.72 Å². The molecule has 168 valence electrons. The standard InChI is InChI=1S/C22H30N4O4S/c1-15(2)30-17-8-6-16(7-9-17)13-25-11-4-5-20(25)21-23-19-14-26(31(3,28)29)12-10-18(19)22(27)24-21/h6-9,15,20H,4-5,10-14H2,1-3H3,(H,23,24,27)/t20-/m1/s1. The van der Waals surface area contributed by atoms with Gasteiger partial charge in [-0.2, -0.15) is 4.31 Å². The fourth-order valence-electron chi connectivity index (χ4n) is 4.38. The molecule has 0 saturated carbocycles. The lowest BCUT2D eigenvalue weighted by molar-refractivity contribution is 0.236. The van der Waals surface area contributed by atoms with Crippen LogP contribution in [0.25, 0.3) is 0 Å². The summed E-state index contributed by atoms with van der Waals surface area (Å²) < 4.78 is 31.0. The Morgan fingerprint density at radius 3 is 2.65 bits per heavy atom. The van der Waals surface area contributed by atoms with Crippen molar-refractivity contribution in [3.8, 4) is 5.75 Å². The van der Waals surface area contributed by atoms with E-state index in [9.17, 15) is 13.2 Å². The maximum Gasteiger partial charge on any atom is 0.254 e. The van der Waals surface area contributed by atoms with Crippen LogP contribution in [0.3, 0.4) is 0 Å². The Balaban J connectivity index is 1.54. The van der Waals surface area contributed by atoms with Crippen LogP contribution >= 0.6 is 0 Å². The molecule has 9 heteroatoms. The molecule has 8 nitrogen and oxygen atoms in total. The number of fused-ring (bicyclic) bond motifs is 1. The number of sulfonamides is 1. The Morgan fingerprint density at radius 2 is 1.97 bits per heavy atom. The predicted molar refractivity (Wildman–Crippen MR) is 118 cm³/mol. The number of aromatic nitrogens is 2. The maximum absolute atomic E-state index is 12.7. The van der Waals surface area contributed by atoms with Crippen molar-refractivity contribution < 1.29 is 13.2 Å². The van der Waals surface area contributed by atoms with Crippen LogP contribution in [-0.2, 0) is 29.5 Å². The lowest BCUT2D eigenvalue weighted by Crippen LogP contribution is -2.39. The van der Waals surface area contributed by atoms with Crippen molar-refractivity contribution in [1.82, 2.24) is 19.2 Å². The second-order valence-corrected chi connectivity index (χ2v) is 10.6. The van der Waals surface area contributed by atoms with Gasteiger partial charge in [0.15, 0.2) is 0 Å². The van der Waals surface area contributed by atoms with Gasteiger partial charge in [-0.3, -0.25) is 9.69 Å². The van der Waals surface area contributed by atoms with Crippen LogP contribution < -0.4 is 10.3 Å². The predicted octanol–water partition coefficient (Wildman–Crippen LogP) is 2.21. The van der Waals surface area contributed by atoms with Gasteiger partial charge >= 0.3 is 0 Å². The zero-order valence-electron chi connectivity index (χ0n) is 18.3. The number of nitrogens with zero attached hydrogens (tertiary/aromatic N) is 3. The first kappa shape index (κ1) is 22.0. The molecule has 3 heterocycles. The highest BCUT2D eigenvalue weighted by Gasteiger charge is 2.31. The van der Waals surface area contributed by atoms with Gasteiger partial charge in [0, 0.05) is 18.7 Å². The second kappa shape index (κ2) is 8.72. The smallest absolute Gasteiger partial charge is 0.254 e. The number of likely N-dealkylation sites (tertiary alicyclic amines) is 1. The molecule has 1 aromatic heterocycles. The summed E-state index contributed by atoms with van der Waals surface area (Å²) in [5.41, 5.74) is 2.22. The van der Waals surface area contributed by atoms with E-state index in [0.29, 0.717) is 30.0 Å². The molecule has 1 fully saturated rings. The molecule has 0 radical (unpaired) electrons. The Morgan fingerprint density at radius 1 is 1.23 bits per heavy atom. The molecule has 0 amide bonds. The van der Waals surface area contributed by atoms with Crippen LogP contribution in [0.15, 0.2) is 29.1 Å². The van der Waals surface area contributed by atoms with Crippen molar-refractivity contribution in [2.75, 3.05) is 19.3 Å². The SMILES string of the molecule is CC(C)Oc1ccc(CN2CCC[C@@H]2c2nc3c(c(=O)[nH]2)CCN(S(C)(=O)=O)C3)cc1. The van der Waals surface area contributed by atoms with E-state index in [2.05, 4.69) is 22.0 Å². The molecule has 0 unspecified atom stereocenters. The van der Waals surface area contributed by atoms with Crippen LogP contribution in [0.5, 0.6) is 5.75 Å². The first-order chi connectivity index (χ1) is 14.7. The van der Waals surface area contributed by atoms with Gasteiger partial charge in [-0.05, 0) is 57.4 Å². The van der Waals surface area contributed by atoms with Crippen LogP contribution in [-0.4, -0.2) is 53.0 Å². The van der Waals surface area contributed by atoms with Gasteiger partial charge in [0.25, 0.3) is 5.56 Å². The van der Waals surface area contributed by atoms with Crippen LogP contribution in [0.2, 0.25) is 0 Å². The summed E-state index contributed by atoms with van der Waals surface area (Å²) >= 11 is 0. The zero-order chi connectivity index (χ0) is 22.2. The third kappa shape index (κ3) is 4.99. The molecule has 2 aromatic rings. The lowest BCUT2D eigenvalue weighted by atomic mass is 10.1. The first-order valence-corrected chi connectivity index (χ1v) is 12.6. The molecule has 0 bridgehead atoms. The summed E-state index contributed by atoms with van der Waals surface area (Å²) in [7, 11) is -3.32. The van der Waals surface area contributed by atoms with E-state index in [4.69, 9.17) is 9.72 Å². The number of benzene rings is 1. The molecule has 0 aliphatic carbocycles. The number of nitrogens with one attached hydrogen (secondary N) is 1. The van der Waals surface area contributed by atoms with Gasteiger partial charge in [-0.15, -0.1) is 0 Å². The van der Waals surface area contributed by atoms with Gasteiger partial charge in [0.1, 0.15) is 11.6 Å². The third-order valence-corrected chi connectivity index (χ3v) is 7.14.